The second kappa shape index (κ2) is 45.8. The van der Waals surface area contributed by atoms with Crippen molar-refractivity contribution in [3.05, 3.63) is 59.7 Å². The number of benzene rings is 2. The van der Waals surface area contributed by atoms with Crippen molar-refractivity contribution in [2.24, 2.45) is 23.3 Å². The highest BCUT2D eigenvalue weighted by Gasteiger charge is 2.41. The normalized spacial score (nSPS) is 21.7. The van der Waals surface area contributed by atoms with Crippen molar-refractivity contribution in [2.75, 3.05) is 13.1 Å². The molecule has 578 valence electrons. The van der Waals surface area contributed by atoms with Crippen LogP contribution in [0.5, 0.6) is 11.5 Å². The van der Waals surface area contributed by atoms with Crippen molar-refractivity contribution in [2.45, 2.75) is 275 Å². The summed E-state index contributed by atoms with van der Waals surface area (Å²) in [5, 5.41) is 63.6. The molecule has 3 aliphatic rings. The Labute approximate surface area is 608 Å². The maximum Gasteiger partial charge on any atom is 0.334 e. The van der Waals surface area contributed by atoms with Crippen LogP contribution in [0.1, 0.15) is 207 Å². The van der Waals surface area contributed by atoms with Crippen LogP contribution in [0, 0.1) is 11.8 Å². The quantitative estimate of drug-likeness (QED) is 0.0201. The molecule has 1 saturated heterocycles. The molecule has 31 nitrogen and oxygen atoms in total. The number of nitrogens with zero attached hydrogens (tertiary/aromatic N) is 1. The van der Waals surface area contributed by atoms with Gasteiger partial charge < -0.3 is 89.4 Å². The Kier molecular flexibility index (Phi) is 38.3. The number of carboxylic acid groups (broad SMARTS) is 2. The summed E-state index contributed by atoms with van der Waals surface area (Å²) in [5.74, 6) is -14.1. The highest BCUT2D eigenvalue weighted by molar-refractivity contribution is 5.99. The van der Waals surface area contributed by atoms with E-state index in [1.54, 1.807) is 13.8 Å². The number of ether oxygens (including phenoxy) is 1. The number of rotatable bonds is 36. The lowest BCUT2D eigenvalue weighted by Crippen LogP contribution is -2.62. The van der Waals surface area contributed by atoms with Gasteiger partial charge in [-0.3, -0.25) is 62.3 Å². The van der Waals surface area contributed by atoms with E-state index in [1.807, 2.05) is 0 Å². The first-order valence-electron chi connectivity index (χ1n) is 36.6. The third kappa shape index (κ3) is 31.4. The van der Waals surface area contributed by atoms with E-state index in [4.69, 9.17) is 16.2 Å². The number of carboxylic acids is 2. The van der Waals surface area contributed by atoms with Gasteiger partial charge in [0.1, 0.15) is 71.9 Å². The number of hydrogen-bond acceptors (Lipinski definition) is 18. The SMILES string of the molecule is CCC(C)[C@H]1NC(=O)[C@@H](Cc2ccc(O)cc2)NC(=O)[C@@H](CCC(N)=O)NC(=O)[C@@H]2CCCN2C(=O)[C@H](C)NC(=O)C(CCC(=O)O)NC(=O)C(C(C)O)NC(=O)[C@H](NC(=O)C(CCCN)NC(=O)[C@@H](CCC(=O)O)NC(=O)CCCCCCCCCCCCCC(C)C)Cc2ccc(cc2)OC1=O. The average molecular weight is 1460 g/mol. The number of unbranched alkanes of at least 4 members (excludes halogenated alkanes) is 10. The van der Waals surface area contributed by atoms with Crippen LogP contribution in [0.15, 0.2) is 48.5 Å². The molecule has 0 saturated carbocycles. The molecule has 3 aliphatic heterocycles. The molecule has 12 atom stereocenters. The standard InChI is InChI=1S/C73H112N12O19/c1-7-44(4)62-73(103)104-50-31-27-48(28-32-50)42-56(81-65(95)51(22-19-39-74)78-66(96)52(34-37-60(90)91)77-59(89)24-18-16-14-12-10-8-9-11-13-15-17-21-43(2)3)69(99)84-63(46(6)86)71(101)80-54(35-38-61(92)93)64(94)76-45(5)72(102)85-40-20-23-57(85)70(100)79-53(33-36-58(75)88)67(97)82-55(68(98)83-62)41-47-25-29-49(87)30-26-47/h25-32,43-46,51-57,62-63,86-87H,7-24,33-42,74H2,1-6H3,(H2,75,88)(H,76,94)(H,77,89)(H,78,96)(H,79,100)(H,80,101)(H,81,95)(H,82,97)(H,83,98)(H,84,99)(H,90,91)(H,92,93)/t44?,45-,46?,51?,52+,53+,54?,55+,56+,57-,62+,63?/m0/s1. The molecule has 3 heterocycles. The third-order valence-corrected chi connectivity index (χ3v) is 18.5. The Bertz CT molecular complexity index is 3190. The Hall–Kier alpha value is -9.26. The maximum absolute atomic E-state index is 14.8. The van der Waals surface area contributed by atoms with Gasteiger partial charge in [-0.2, -0.15) is 0 Å². The van der Waals surface area contributed by atoms with Crippen LogP contribution in [0.2, 0.25) is 0 Å². The second-order valence-electron chi connectivity index (χ2n) is 27.7. The highest BCUT2D eigenvalue weighted by Crippen LogP contribution is 2.23. The van der Waals surface area contributed by atoms with E-state index in [2.05, 4.69) is 61.7 Å². The van der Waals surface area contributed by atoms with Crippen molar-refractivity contribution >= 4 is 82.9 Å². The first kappa shape index (κ1) is 87.1. The molecule has 0 aromatic heterocycles. The Balaban J connectivity index is 1.73. The zero-order valence-electron chi connectivity index (χ0n) is 60.9. The van der Waals surface area contributed by atoms with Crippen LogP contribution in [0.25, 0.3) is 0 Å². The van der Waals surface area contributed by atoms with E-state index < -0.39 is 187 Å². The minimum Gasteiger partial charge on any atom is -0.508 e. The number of phenols is 1. The fraction of sp³-hybridized carbons (Fsp3) is 0.644. The van der Waals surface area contributed by atoms with Crippen molar-refractivity contribution in [1.29, 1.82) is 0 Å². The molecule has 1 fully saturated rings. The summed E-state index contributed by atoms with van der Waals surface area (Å²) in [6, 6.07) is -4.50. The van der Waals surface area contributed by atoms with Gasteiger partial charge in [-0.25, -0.2) is 4.79 Å². The van der Waals surface area contributed by atoms with Gasteiger partial charge in [0.2, 0.25) is 65.0 Å². The van der Waals surface area contributed by atoms with Gasteiger partial charge in [0.25, 0.3) is 0 Å². The van der Waals surface area contributed by atoms with Crippen LogP contribution in [-0.4, -0.2) is 188 Å². The smallest absolute Gasteiger partial charge is 0.334 e. The molecule has 0 radical (unpaired) electrons. The number of carbonyl (C=O) groups is 14. The maximum atomic E-state index is 14.8. The second-order valence-corrected chi connectivity index (χ2v) is 27.7. The molecular weight excluding hydrogens is 1350 g/mol. The Morgan fingerprint density at radius 3 is 1.72 bits per heavy atom. The summed E-state index contributed by atoms with van der Waals surface area (Å²) in [5.41, 5.74) is 12.1. The molecule has 17 N–H and O–H groups in total. The van der Waals surface area contributed by atoms with Crippen molar-refractivity contribution in [3.63, 3.8) is 0 Å². The number of esters is 1. The Morgan fingerprint density at radius 1 is 0.596 bits per heavy atom. The van der Waals surface area contributed by atoms with Crippen LogP contribution in [-0.2, 0) is 80.0 Å². The largest absolute Gasteiger partial charge is 0.508 e. The lowest BCUT2D eigenvalue weighted by atomic mass is 9.97. The molecular formula is C73H112N12O19. The summed E-state index contributed by atoms with van der Waals surface area (Å²) in [6.45, 7) is 10.2. The number of amides is 11. The van der Waals surface area contributed by atoms with E-state index in [0.717, 1.165) is 43.9 Å². The summed E-state index contributed by atoms with van der Waals surface area (Å²) in [6.07, 6.45) is 7.82. The number of aliphatic hydroxyl groups excluding tert-OH is 1. The highest BCUT2D eigenvalue weighted by atomic mass is 16.5. The fourth-order valence-electron chi connectivity index (χ4n) is 12.2. The molecule has 2 aromatic rings. The predicted molar refractivity (Wildman–Crippen MR) is 382 cm³/mol. The molecule has 5 unspecified atom stereocenters. The van der Waals surface area contributed by atoms with Gasteiger partial charge in [0, 0.05) is 45.1 Å². The number of nitrogens with two attached hydrogens (primary N) is 2. The van der Waals surface area contributed by atoms with E-state index in [0.29, 0.717) is 24.3 Å². The van der Waals surface area contributed by atoms with E-state index in [1.165, 1.54) is 94.0 Å². The van der Waals surface area contributed by atoms with Gasteiger partial charge in [-0.15, -0.1) is 0 Å². The Morgan fingerprint density at radius 2 is 1.14 bits per heavy atom. The van der Waals surface area contributed by atoms with Crippen molar-refractivity contribution < 1.29 is 92.3 Å². The lowest BCUT2D eigenvalue weighted by Gasteiger charge is -2.30. The summed E-state index contributed by atoms with van der Waals surface area (Å²) < 4.78 is 5.83. The van der Waals surface area contributed by atoms with Gasteiger partial charge >= 0.3 is 17.9 Å². The summed E-state index contributed by atoms with van der Waals surface area (Å²) in [4.78, 5) is 194. The minimum absolute atomic E-state index is 0.00711. The topological polar surface area (TPSA) is 493 Å². The molecule has 5 rings (SSSR count). The number of aliphatic carboxylic acids is 2. The van der Waals surface area contributed by atoms with Gasteiger partial charge in [-0.05, 0) is 119 Å². The number of hydrogen-bond donors (Lipinski definition) is 15. The molecule has 0 spiro atoms. The van der Waals surface area contributed by atoms with Crippen LogP contribution < -0.4 is 64.1 Å². The fourth-order valence-corrected chi connectivity index (χ4v) is 12.2. The van der Waals surface area contributed by atoms with E-state index in [9.17, 15) is 87.5 Å². The van der Waals surface area contributed by atoms with Gasteiger partial charge in [0.05, 0.1) is 6.10 Å². The van der Waals surface area contributed by atoms with Gasteiger partial charge in [0.15, 0.2) is 0 Å². The van der Waals surface area contributed by atoms with Crippen molar-refractivity contribution in [3.8, 4) is 11.5 Å². The molecule has 104 heavy (non-hydrogen) atoms. The molecule has 31 heteroatoms. The minimum atomic E-state index is -1.96. The number of carbonyl (C=O) groups excluding carboxylic acids is 12. The van der Waals surface area contributed by atoms with Crippen molar-refractivity contribution in [1.82, 2.24) is 52.8 Å². The zero-order chi connectivity index (χ0) is 77.0. The number of phenolic OH excluding ortho intramolecular Hbond substituents is 1. The number of aromatic hydroxyl groups is 1. The van der Waals surface area contributed by atoms with Gasteiger partial charge in [-0.1, -0.05) is 129 Å². The molecule has 11 amide bonds. The third-order valence-electron chi connectivity index (χ3n) is 18.5. The van der Waals surface area contributed by atoms with Crippen LogP contribution in [0.3, 0.4) is 0 Å². The number of fused-ring (bicyclic) bond motifs is 23. The van der Waals surface area contributed by atoms with E-state index in [-0.39, 0.29) is 81.5 Å². The van der Waals surface area contributed by atoms with Crippen LogP contribution in [0.4, 0.5) is 0 Å². The number of aliphatic hydroxyl groups is 1. The monoisotopic (exact) mass is 1460 g/mol. The molecule has 2 aromatic carbocycles. The molecule has 0 aliphatic carbocycles. The first-order valence-corrected chi connectivity index (χ1v) is 36.6. The van der Waals surface area contributed by atoms with Crippen LogP contribution >= 0.6 is 0 Å². The molecule has 2 bridgehead atoms. The summed E-state index contributed by atoms with van der Waals surface area (Å²) >= 11 is 0. The van der Waals surface area contributed by atoms with E-state index >= 15 is 0 Å². The number of nitrogens with one attached hydrogen (secondary N) is 9. The first-order chi connectivity index (χ1) is 49.4. The summed E-state index contributed by atoms with van der Waals surface area (Å²) in [7, 11) is 0. The zero-order valence-corrected chi connectivity index (χ0v) is 60.9. The number of primary amides is 1. The predicted octanol–water partition coefficient (Wildman–Crippen LogP) is 2.36. The lowest BCUT2D eigenvalue weighted by molar-refractivity contribution is -0.143. The average Bonchev–Trinajstić information content (AvgIpc) is 1.71.